The zero-order valence-electron chi connectivity index (χ0n) is 28.3. The van der Waals surface area contributed by atoms with Crippen molar-refractivity contribution in [2.75, 3.05) is 0 Å². The van der Waals surface area contributed by atoms with Gasteiger partial charge in [0.1, 0.15) is 0 Å². The number of carbonyl (C=O) groups is 2. The molecule has 2 aromatic heterocycles. The molecule has 0 atom stereocenters. The van der Waals surface area contributed by atoms with Gasteiger partial charge in [-0.15, -0.1) is 20.4 Å². The predicted molar refractivity (Wildman–Crippen MR) is 179 cm³/mol. The number of rotatable bonds is 9. The lowest BCUT2D eigenvalue weighted by Crippen LogP contribution is -2.06. The number of carbonyl (C=O) groups excluding carboxylic acids is 1. The van der Waals surface area contributed by atoms with Gasteiger partial charge in [0.2, 0.25) is 11.6 Å². The van der Waals surface area contributed by atoms with Crippen LogP contribution in [0.3, 0.4) is 0 Å². The number of carboxylic acids is 1. The minimum atomic E-state index is -4.43. The van der Waals surface area contributed by atoms with Crippen LogP contribution in [0.1, 0.15) is 67.4 Å². The molecule has 0 saturated carbocycles. The van der Waals surface area contributed by atoms with Crippen LogP contribution in [0.4, 0.5) is 26.3 Å². The topological polar surface area (TPSA) is 142 Å². The largest absolute Gasteiger partial charge is 0.478 e. The van der Waals surface area contributed by atoms with E-state index < -0.39 is 29.4 Å². The maximum absolute atomic E-state index is 13.0. The Morgan fingerprint density at radius 2 is 1.08 bits per heavy atom. The number of tetrazole rings is 2. The number of nitrogens with zero attached hydrogens (tertiary/aromatic N) is 8. The van der Waals surface area contributed by atoms with E-state index in [1.54, 1.807) is 57.4 Å². The zero-order chi connectivity index (χ0) is 38.5. The molecule has 1 N–H and O–H groups in total. The van der Waals surface area contributed by atoms with E-state index in [2.05, 4.69) is 30.8 Å². The molecular formula is C36H30F6N8O3. The van der Waals surface area contributed by atoms with Crippen LogP contribution in [-0.4, -0.2) is 57.3 Å². The van der Waals surface area contributed by atoms with Crippen molar-refractivity contribution in [1.29, 1.82) is 0 Å². The molecule has 0 spiro atoms. The molecule has 0 saturated heterocycles. The fourth-order valence-corrected chi connectivity index (χ4v) is 5.33. The van der Waals surface area contributed by atoms with Crippen molar-refractivity contribution in [2.45, 2.75) is 38.5 Å². The highest BCUT2D eigenvalue weighted by Gasteiger charge is 2.31. The number of alkyl halides is 6. The van der Waals surface area contributed by atoms with Crippen molar-refractivity contribution in [3.63, 3.8) is 0 Å². The predicted octanol–water partition coefficient (Wildman–Crippen LogP) is 7.26. The van der Waals surface area contributed by atoms with Crippen LogP contribution in [-0.2, 0) is 39.3 Å². The average molecular weight is 737 g/mol. The molecular weight excluding hydrogens is 706 g/mol. The van der Waals surface area contributed by atoms with E-state index in [4.69, 9.17) is 0 Å². The summed E-state index contributed by atoms with van der Waals surface area (Å²) in [6.07, 6.45) is -8.07. The summed E-state index contributed by atoms with van der Waals surface area (Å²) in [5, 5.41) is 32.8. The summed E-state index contributed by atoms with van der Waals surface area (Å²) in [6, 6.07) is 19.6. The van der Waals surface area contributed by atoms with Gasteiger partial charge in [-0.3, -0.25) is 4.79 Å². The molecule has 6 rings (SSSR count). The quantitative estimate of drug-likeness (QED) is 0.120. The summed E-state index contributed by atoms with van der Waals surface area (Å²) in [7, 11) is 3.17. The molecule has 11 nitrogen and oxygen atoms in total. The second-order valence-corrected chi connectivity index (χ2v) is 11.8. The fourth-order valence-electron chi connectivity index (χ4n) is 5.33. The monoisotopic (exact) mass is 736 g/mol. The average Bonchev–Trinajstić information content (AvgIpc) is 3.75. The number of carboxylic acid groups (broad SMARTS) is 1. The van der Waals surface area contributed by atoms with Gasteiger partial charge in [-0.2, -0.15) is 35.9 Å². The number of ketones is 1. The highest BCUT2D eigenvalue weighted by molar-refractivity contribution is 5.97. The second kappa shape index (κ2) is 15.5. The van der Waals surface area contributed by atoms with Crippen molar-refractivity contribution in [2.24, 2.45) is 14.1 Å². The Hall–Kier alpha value is -6.26. The van der Waals surface area contributed by atoms with E-state index in [-0.39, 0.29) is 30.0 Å². The number of halogens is 6. The minimum Gasteiger partial charge on any atom is -0.478 e. The Labute approximate surface area is 297 Å². The van der Waals surface area contributed by atoms with Gasteiger partial charge in [-0.1, -0.05) is 61.5 Å². The van der Waals surface area contributed by atoms with Crippen LogP contribution in [0, 0.1) is 0 Å². The maximum atomic E-state index is 13.0. The van der Waals surface area contributed by atoms with Gasteiger partial charge in [0.25, 0.3) is 0 Å². The Morgan fingerprint density at radius 3 is 1.45 bits per heavy atom. The first-order valence-electron chi connectivity index (χ1n) is 15.8. The highest BCUT2D eigenvalue weighted by Crippen LogP contribution is 2.33. The standard InChI is InChI=1S/C19H17F3N4O.C17H13F3N4O2/c1-3-17(27)14-8-7-13(16(11-14)18-23-25-26(2)24-18)9-12-5-4-6-15(10-12)19(20,21)22;1-24-22-15(21-23-24)14-9-12(16(25)26)6-5-11(14)7-10-3-2-4-13(8-10)17(18,19)20/h4-8,10-11H,3,9H2,1-2H3;2-6,8-9H,7H2,1H3,(H,25,26). The van der Waals surface area contributed by atoms with Gasteiger partial charge >= 0.3 is 18.3 Å². The first-order chi connectivity index (χ1) is 25.0. The lowest BCUT2D eigenvalue weighted by molar-refractivity contribution is -0.138. The first kappa shape index (κ1) is 38.0. The molecule has 0 aliphatic rings. The number of aryl methyl sites for hydroxylation is 2. The molecule has 274 valence electrons. The van der Waals surface area contributed by atoms with Crippen LogP contribution < -0.4 is 0 Å². The van der Waals surface area contributed by atoms with E-state index >= 15 is 0 Å². The van der Waals surface area contributed by atoms with Crippen LogP contribution in [0.5, 0.6) is 0 Å². The van der Waals surface area contributed by atoms with Gasteiger partial charge in [0.05, 0.1) is 30.8 Å². The molecule has 17 heteroatoms. The van der Waals surface area contributed by atoms with Crippen LogP contribution >= 0.6 is 0 Å². The van der Waals surface area contributed by atoms with Crippen molar-refractivity contribution < 1.29 is 41.0 Å². The number of aromatic carboxylic acids is 1. The van der Waals surface area contributed by atoms with E-state index in [1.807, 2.05) is 0 Å². The third-order valence-electron chi connectivity index (χ3n) is 7.91. The van der Waals surface area contributed by atoms with Crippen LogP contribution in [0.2, 0.25) is 0 Å². The summed E-state index contributed by atoms with van der Waals surface area (Å²) in [5.41, 5.74) is 2.35. The number of hydrogen-bond donors (Lipinski definition) is 1. The molecule has 0 bridgehead atoms. The Bertz CT molecular complexity index is 2260. The van der Waals surface area contributed by atoms with Crippen molar-refractivity contribution in [1.82, 2.24) is 40.4 Å². The van der Waals surface area contributed by atoms with Crippen LogP contribution in [0.25, 0.3) is 22.8 Å². The maximum Gasteiger partial charge on any atom is 0.416 e. The van der Waals surface area contributed by atoms with Gasteiger partial charge in [0.15, 0.2) is 5.78 Å². The Morgan fingerprint density at radius 1 is 0.642 bits per heavy atom. The normalized spacial score (nSPS) is 11.6. The lowest BCUT2D eigenvalue weighted by atomic mass is 9.95. The SMILES string of the molecule is CCC(=O)c1ccc(Cc2cccc(C(F)(F)F)c2)c(-c2nnn(C)n2)c1.Cn1nnc(-c2cc(C(=O)O)ccc2Cc2cccc(C(F)(F)F)c2)n1. The van der Waals surface area contributed by atoms with Gasteiger partial charge in [0, 0.05) is 23.1 Å². The number of hydrogen-bond acceptors (Lipinski definition) is 8. The van der Waals surface area contributed by atoms with Gasteiger partial charge in [-0.25, -0.2) is 4.79 Å². The molecule has 53 heavy (non-hydrogen) atoms. The Balaban J connectivity index is 0.000000204. The Kier molecular flexibility index (Phi) is 11.1. The number of benzene rings is 4. The van der Waals surface area contributed by atoms with Crippen LogP contribution in [0.15, 0.2) is 84.9 Å². The molecule has 6 aromatic rings. The highest BCUT2D eigenvalue weighted by atomic mass is 19.4. The molecule has 0 amide bonds. The van der Waals surface area contributed by atoms with E-state index in [1.165, 1.54) is 33.9 Å². The summed E-state index contributed by atoms with van der Waals surface area (Å²) < 4.78 is 77.6. The van der Waals surface area contributed by atoms with Gasteiger partial charge in [-0.05, 0) is 75.9 Å². The lowest BCUT2D eigenvalue weighted by Gasteiger charge is -2.11. The van der Waals surface area contributed by atoms with Crippen molar-refractivity contribution >= 4 is 11.8 Å². The molecule has 0 aliphatic heterocycles. The van der Waals surface area contributed by atoms with Crippen molar-refractivity contribution in [3.05, 3.63) is 129 Å². The number of aromatic nitrogens is 8. The van der Waals surface area contributed by atoms with Crippen molar-refractivity contribution in [3.8, 4) is 22.8 Å². The molecule has 0 unspecified atom stereocenters. The summed E-state index contributed by atoms with van der Waals surface area (Å²) in [6.45, 7) is 1.76. The molecule has 0 aliphatic carbocycles. The van der Waals surface area contributed by atoms with E-state index in [9.17, 15) is 41.0 Å². The third kappa shape index (κ3) is 9.55. The van der Waals surface area contributed by atoms with Gasteiger partial charge < -0.3 is 5.11 Å². The summed E-state index contributed by atoms with van der Waals surface area (Å²) >= 11 is 0. The molecule has 4 aromatic carbocycles. The third-order valence-corrected chi connectivity index (χ3v) is 7.91. The molecule has 0 fully saturated rings. The zero-order valence-corrected chi connectivity index (χ0v) is 28.3. The first-order valence-corrected chi connectivity index (χ1v) is 15.8. The minimum absolute atomic E-state index is 0.0280. The number of Topliss-reactive ketones (excluding diaryl/α,β-unsaturated/α-hetero) is 1. The van der Waals surface area contributed by atoms with E-state index in [0.717, 1.165) is 29.8 Å². The smallest absolute Gasteiger partial charge is 0.416 e. The molecule has 0 radical (unpaired) electrons. The second-order valence-electron chi connectivity index (χ2n) is 11.8. The van der Waals surface area contributed by atoms with E-state index in [0.29, 0.717) is 45.6 Å². The summed E-state index contributed by atoms with van der Waals surface area (Å²) in [5.74, 6) is -0.630. The summed E-state index contributed by atoms with van der Waals surface area (Å²) in [4.78, 5) is 25.8. The molecule has 2 heterocycles. The fraction of sp³-hybridized carbons (Fsp3) is 0.222.